The molecule has 0 fully saturated rings. The van der Waals surface area contributed by atoms with Gasteiger partial charge in [-0.05, 0) is 13.0 Å². The lowest BCUT2D eigenvalue weighted by Crippen LogP contribution is -2.26. The monoisotopic (exact) mass is 231 g/mol. The van der Waals surface area contributed by atoms with Crippen molar-refractivity contribution in [2.45, 2.75) is 13.0 Å². The summed E-state index contributed by atoms with van der Waals surface area (Å²) >= 11 is 0. The molecule has 0 bridgehead atoms. The molecule has 1 aromatic heterocycles. The predicted octanol–water partition coefficient (Wildman–Crippen LogP) is 1.30. The highest BCUT2D eigenvalue weighted by atomic mass is 16.1. The van der Waals surface area contributed by atoms with Gasteiger partial charge in [-0.15, -0.1) is 0 Å². The molecule has 0 aliphatic carbocycles. The third-order valence-corrected chi connectivity index (χ3v) is 2.77. The third kappa shape index (κ3) is 2.31. The zero-order chi connectivity index (χ0) is 12.4. The van der Waals surface area contributed by atoms with E-state index in [0.29, 0.717) is 6.54 Å². The minimum Gasteiger partial charge on any atom is -0.383 e. The van der Waals surface area contributed by atoms with Gasteiger partial charge in [0.1, 0.15) is 0 Å². The summed E-state index contributed by atoms with van der Waals surface area (Å²) in [6.07, 6.45) is 0. The number of nitrogens with one attached hydrogen (secondary N) is 1. The topological polar surface area (TPSA) is 60.0 Å². The highest BCUT2D eigenvalue weighted by Crippen LogP contribution is 2.20. The lowest BCUT2D eigenvalue weighted by molar-refractivity contribution is 0.780. The first-order valence-electron chi connectivity index (χ1n) is 5.68. The van der Waals surface area contributed by atoms with E-state index in [0.717, 1.165) is 16.6 Å². The van der Waals surface area contributed by atoms with Crippen molar-refractivity contribution in [1.29, 1.82) is 0 Å². The summed E-state index contributed by atoms with van der Waals surface area (Å²) in [5.74, 6) is 0. The lowest BCUT2D eigenvalue weighted by atomic mass is 10.1. The molecule has 1 atom stereocenters. The standard InChI is InChI=1S/C13H17N3O/c1-9(14)8-15-11-7-13(17)16(2)12-6-4-3-5-10(11)12/h3-7,9,15H,8,14H2,1-2H3. The smallest absolute Gasteiger partial charge is 0.252 e. The van der Waals surface area contributed by atoms with Gasteiger partial charge in [0.05, 0.1) is 5.52 Å². The van der Waals surface area contributed by atoms with Crippen molar-refractivity contribution >= 4 is 16.6 Å². The van der Waals surface area contributed by atoms with Crippen molar-refractivity contribution < 1.29 is 0 Å². The zero-order valence-corrected chi connectivity index (χ0v) is 10.1. The van der Waals surface area contributed by atoms with Gasteiger partial charge in [0.25, 0.3) is 5.56 Å². The fraction of sp³-hybridized carbons (Fsp3) is 0.308. The lowest BCUT2D eigenvalue weighted by Gasteiger charge is -2.13. The first-order chi connectivity index (χ1) is 8.09. The molecular formula is C13H17N3O. The van der Waals surface area contributed by atoms with Crippen LogP contribution in [0, 0.1) is 0 Å². The largest absolute Gasteiger partial charge is 0.383 e. The fourth-order valence-corrected chi connectivity index (χ4v) is 1.83. The number of para-hydroxylation sites is 1. The maximum atomic E-state index is 11.8. The Hall–Kier alpha value is -1.81. The second kappa shape index (κ2) is 4.59. The Balaban J connectivity index is 2.55. The van der Waals surface area contributed by atoms with Crippen LogP contribution in [0.25, 0.3) is 10.9 Å². The Morgan fingerprint density at radius 1 is 1.41 bits per heavy atom. The third-order valence-electron chi connectivity index (χ3n) is 2.77. The van der Waals surface area contributed by atoms with Crippen LogP contribution >= 0.6 is 0 Å². The fourth-order valence-electron chi connectivity index (χ4n) is 1.83. The molecule has 0 spiro atoms. The molecule has 1 aromatic carbocycles. The van der Waals surface area contributed by atoms with Crippen LogP contribution in [0.4, 0.5) is 5.69 Å². The maximum absolute atomic E-state index is 11.8. The van der Waals surface area contributed by atoms with Crippen LogP contribution in [-0.2, 0) is 7.05 Å². The molecule has 1 unspecified atom stereocenters. The number of nitrogens with two attached hydrogens (primary N) is 1. The summed E-state index contributed by atoms with van der Waals surface area (Å²) in [5.41, 5.74) is 7.46. The van der Waals surface area contributed by atoms with Crippen LogP contribution in [0.1, 0.15) is 6.92 Å². The van der Waals surface area contributed by atoms with E-state index < -0.39 is 0 Å². The molecule has 0 saturated carbocycles. The van der Waals surface area contributed by atoms with E-state index in [1.165, 1.54) is 0 Å². The Bertz CT molecular complexity index is 587. The van der Waals surface area contributed by atoms with Crippen molar-refractivity contribution in [3.05, 3.63) is 40.7 Å². The van der Waals surface area contributed by atoms with Gasteiger partial charge in [0, 0.05) is 36.8 Å². The second-order valence-electron chi connectivity index (χ2n) is 4.33. The van der Waals surface area contributed by atoms with Gasteiger partial charge >= 0.3 is 0 Å². The van der Waals surface area contributed by atoms with Crippen LogP contribution in [0.15, 0.2) is 35.1 Å². The predicted molar refractivity (Wildman–Crippen MR) is 71.3 cm³/mol. The van der Waals surface area contributed by atoms with Crippen molar-refractivity contribution in [3.8, 4) is 0 Å². The summed E-state index contributed by atoms with van der Waals surface area (Å²) in [4.78, 5) is 11.8. The van der Waals surface area contributed by atoms with E-state index in [4.69, 9.17) is 5.73 Å². The second-order valence-corrected chi connectivity index (χ2v) is 4.33. The van der Waals surface area contributed by atoms with Crippen LogP contribution in [0.3, 0.4) is 0 Å². The first-order valence-corrected chi connectivity index (χ1v) is 5.68. The molecule has 2 aromatic rings. The van der Waals surface area contributed by atoms with Crippen LogP contribution in [0.2, 0.25) is 0 Å². The van der Waals surface area contributed by atoms with Crippen molar-refractivity contribution in [2.75, 3.05) is 11.9 Å². The summed E-state index contributed by atoms with van der Waals surface area (Å²) in [6.45, 7) is 2.58. The minimum atomic E-state index is -0.0177. The molecule has 1 heterocycles. The number of rotatable bonds is 3. The number of anilines is 1. The minimum absolute atomic E-state index is 0.0177. The molecule has 0 amide bonds. The van der Waals surface area contributed by atoms with Gasteiger partial charge in [-0.2, -0.15) is 0 Å². The summed E-state index contributed by atoms with van der Waals surface area (Å²) in [6, 6.07) is 9.50. The number of benzene rings is 1. The van der Waals surface area contributed by atoms with Gasteiger partial charge in [-0.1, -0.05) is 18.2 Å². The van der Waals surface area contributed by atoms with Crippen molar-refractivity contribution in [3.63, 3.8) is 0 Å². The average molecular weight is 231 g/mol. The van der Waals surface area contributed by atoms with Gasteiger partial charge in [0.2, 0.25) is 0 Å². The van der Waals surface area contributed by atoms with E-state index in [1.807, 2.05) is 31.2 Å². The SMILES string of the molecule is CC(N)CNc1cc(=O)n(C)c2ccccc12. The molecule has 3 N–H and O–H groups in total. The molecular weight excluding hydrogens is 214 g/mol. The van der Waals surface area contributed by atoms with Gasteiger partial charge in [-0.3, -0.25) is 4.79 Å². The number of hydrogen-bond donors (Lipinski definition) is 2. The van der Waals surface area contributed by atoms with E-state index in [9.17, 15) is 4.79 Å². The first kappa shape index (κ1) is 11.7. The number of aromatic nitrogens is 1. The molecule has 0 aliphatic heterocycles. The van der Waals surface area contributed by atoms with Crippen LogP contribution < -0.4 is 16.6 Å². The van der Waals surface area contributed by atoms with E-state index in [-0.39, 0.29) is 11.6 Å². The molecule has 0 radical (unpaired) electrons. The highest BCUT2D eigenvalue weighted by Gasteiger charge is 2.05. The molecule has 17 heavy (non-hydrogen) atoms. The number of nitrogens with zero attached hydrogens (tertiary/aromatic N) is 1. The van der Waals surface area contributed by atoms with Gasteiger partial charge in [-0.25, -0.2) is 0 Å². The van der Waals surface area contributed by atoms with E-state index in [1.54, 1.807) is 17.7 Å². The van der Waals surface area contributed by atoms with Crippen molar-refractivity contribution in [2.24, 2.45) is 12.8 Å². The summed E-state index contributed by atoms with van der Waals surface area (Å²) in [7, 11) is 1.78. The Kier molecular flexibility index (Phi) is 3.15. The van der Waals surface area contributed by atoms with Crippen LogP contribution in [0.5, 0.6) is 0 Å². The van der Waals surface area contributed by atoms with E-state index in [2.05, 4.69) is 5.32 Å². The quantitative estimate of drug-likeness (QED) is 0.837. The van der Waals surface area contributed by atoms with Gasteiger partial charge < -0.3 is 15.6 Å². The number of fused-ring (bicyclic) bond motifs is 1. The molecule has 4 nitrogen and oxygen atoms in total. The van der Waals surface area contributed by atoms with Crippen LogP contribution in [-0.4, -0.2) is 17.2 Å². The molecule has 2 rings (SSSR count). The van der Waals surface area contributed by atoms with Gasteiger partial charge in [0.15, 0.2) is 0 Å². The molecule has 4 heteroatoms. The number of pyridine rings is 1. The van der Waals surface area contributed by atoms with E-state index >= 15 is 0 Å². The highest BCUT2D eigenvalue weighted by molar-refractivity contribution is 5.91. The molecule has 0 aliphatic rings. The summed E-state index contributed by atoms with van der Waals surface area (Å²) < 4.78 is 1.65. The normalized spacial score (nSPS) is 12.6. The molecule has 90 valence electrons. The maximum Gasteiger partial charge on any atom is 0.252 e. The average Bonchev–Trinajstić information content (AvgIpc) is 2.32. The Labute approximate surface area is 100 Å². The van der Waals surface area contributed by atoms with Crippen molar-refractivity contribution in [1.82, 2.24) is 4.57 Å². The Morgan fingerprint density at radius 3 is 2.82 bits per heavy atom. The number of aryl methyl sites for hydroxylation is 1. The Morgan fingerprint density at radius 2 is 2.12 bits per heavy atom. The molecule has 0 saturated heterocycles. The zero-order valence-electron chi connectivity index (χ0n) is 10.1. The number of hydrogen-bond acceptors (Lipinski definition) is 3. The summed E-state index contributed by atoms with van der Waals surface area (Å²) in [5, 5.41) is 4.25.